The van der Waals surface area contributed by atoms with Crippen molar-refractivity contribution in [3.8, 4) is 5.75 Å². The third-order valence-electron chi connectivity index (χ3n) is 3.72. The van der Waals surface area contributed by atoms with Gasteiger partial charge in [-0.1, -0.05) is 18.6 Å². The largest absolute Gasteiger partial charge is 0.496 e. The molecule has 17 heavy (non-hydrogen) atoms. The quantitative estimate of drug-likeness (QED) is 0.472. The van der Waals surface area contributed by atoms with E-state index in [-0.39, 0.29) is 5.91 Å². The maximum Gasteiger partial charge on any atom is 0.244 e. The number of carbonyl (C=O) groups is 1. The van der Waals surface area contributed by atoms with Crippen LogP contribution in [0.2, 0.25) is 0 Å². The van der Waals surface area contributed by atoms with Gasteiger partial charge in [0.2, 0.25) is 5.91 Å². The molecule has 2 rings (SSSR count). The van der Waals surface area contributed by atoms with Crippen molar-refractivity contribution in [3.05, 3.63) is 29.3 Å². The van der Waals surface area contributed by atoms with E-state index in [9.17, 15) is 4.79 Å². The first-order valence-electron chi connectivity index (χ1n) is 5.80. The molecule has 3 N–H and O–H groups in total. The molecule has 1 aliphatic carbocycles. The van der Waals surface area contributed by atoms with Gasteiger partial charge in [0.1, 0.15) is 5.75 Å². The Morgan fingerprint density at radius 3 is 2.59 bits per heavy atom. The molecule has 1 aliphatic rings. The van der Waals surface area contributed by atoms with E-state index in [0.717, 1.165) is 36.1 Å². The number of methoxy groups -OCH3 is 1. The monoisotopic (exact) mass is 234 g/mol. The molecule has 0 atom stereocenters. The predicted octanol–water partition coefficient (Wildman–Crippen LogP) is 1.42. The number of aryl methyl sites for hydroxylation is 1. The summed E-state index contributed by atoms with van der Waals surface area (Å²) in [5, 5.41) is 0. The van der Waals surface area contributed by atoms with Crippen molar-refractivity contribution in [1.82, 2.24) is 5.43 Å². The third-order valence-corrected chi connectivity index (χ3v) is 3.72. The Balaban J connectivity index is 2.38. The van der Waals surface area contributed by atoms with Gasteiger partial charge in [-0.25, -0.2) is 5.84 Å². The Hall–Kier alpha value is -1.55. The smallest absolute Gasteiger partial charge is 0.244 e. The average Bonchev–Trinajstić information content (AvgIpc) is 2.27. The lowest BCUT2D eigenvalue weighted by Crippen LogP contribution is -2.51. The molecule has 0 heterocycles. The number of hydrogen-bond acceptors (Lipinski definition) is 3. The number of hydrogen-bond donors (Lipinski definition) is 2. The van der Waals surface area contributed by atoms with Gasteiger partial charge in [0.15, 0.2) is 0 Å². The van der Waals surface area contributed by atoms with Crippen molar-refractivity contribution in [2.24, 2.45) is 5.84 Å². The molecule has 0 radical (unpaired) electrons. The van der Waals surface area contributed by atoms with Gasteiger partial charge in [-0.3, -0.25) is 10.2 Å². The molecule has 1 saturated carbocycles. The van der Waals surface area contributed by atoms with E-state index in [4.69, 9.17) is 10.6 Å². The van der Waals surface area contributed by atoms with Crippen molar-refractivity contribution in [3.63, 3.8) is 0 Å². The Labute approximate surface area is 101 Å². The molecule has 1 fully saturated rings. The summed E-state index contributed by atoms with van der Waals surface area (Å²) in [5.41, 5.74) is 3.93. The first-order valence-corrected chi connectivity index (χ1v) is 5.80. The summed E-state index contributed by atoms with van der Waals surface area (Å²) >= 11 is 0. The Bertz CT molecular complexity index is 439. The fraction of sp³-hybridized carbons (Fsp3) is 0.462. The van der Waals surface area contributed by atoms with Gasteiger partial charge in [0.25, 0.3) is 0 Å². The summed E-state index contributed by atoms with van der Waals surface area (Å²) in [6, 6.07) is 5.89. The molecular weight excluding hydrogens is 216 g/mol. The average molecular weight is 234 g/mol. The minimum atomic E-state index is -0.425. The number of carbonyl (C=O) groups excluding carboxylic acids is 1. The van der Waals surface area contributed by atoms with E-state index in [0.29, 0.717) is 0 Å². The van der Waals surface area contributed by atoms with E-state index < -0.39 is 5.41 Å². The van der Waals surface area contributed by atoms with Crippen molar-refractivity contribution in [1.29, 1.82) is 0 Å². The van der Waals surface area contributed by atoms with Crippen molar-refractivity contribution >= 4 is 5.91 Å². The third kappa shape index (κ3) is 1.78. The van der Waals surface area contributed by atoms with Crippen LogP contribution < -0.4 is 16.0 Å². The number of benzene rings is 1. The van der Waals surface area contributed by atoms with Crippen LogP contribution in [0.4, 0.5) is 0 Å². The summed E-state index contributed by atoms with van der Waals surface area (Å²) in [4.78, 5) is 11.9. The SMILES string of the molecule is COc1ccc(C2(C(=O)NN)CCC2)cc1C. The lowest BCUT2D eigenvalue weighted by atomic mass is 9.63. The highest BCUT2D eigenvalue weighted by molar-refractivity contribution is 5.88. The summed E-state index contributed by atoms with van der Waals surface area (Å²) in [5.74, 6) is 6.03. The van der Waals surface area contributed by atoms with Crippen molar-refractivity contribution in [2.75, 3.05) is 7.11 Å². The zero-order chi connectivity index (χ0) is 12.5. The summed E-state index contributed by atoms with van der Waals surface area (Å²) < 4.78 is 5.23. The van der Waals surface area contributed by atoms with Crippen molar-refractivity contribution in [2.45, 2.75) is 31.6 Å². The van der Waals surface area contributed by atoms with Gasteiger partial charge in [-0.15, -0.1) is 0 Å². The fourth-order valence-corrected chi connectivity index (χ4v) is 2.49. The Morgan fingerprint density at radius 2 is 2.18 bits per heavy atom. The van der Waals surface area contributed by atoms with Crippen LogP contribution in [0.25, 0.3) is 0 Å². The van der Waals surface area contributed by atoms with Crippen LogP contribution in [-0.2, 0) is 10.2 Å². The molecule has 4 nitrogen and oxygen atoms in total. The zero-order valence-corrected chi connectivity index (χ0v) is 10.2. The predicted molar refractivity (Wildman–Crippen MR) is 65.6 cm³/mol. The van der Waals surface area contributed by atoms with Gasteiger partial charge in [-0.2, -0.15) is 0 Å². The summed E-state index contributed by atoms with van der Waals surface area (Å²) in [7, 11) is 1.65. The van der Waals surface area contributed by atoms with Crippen LogP contribution in [-0.4, -0.2) is 13.0 Å². The molecule has 0 spiro atoms. The molecule has 1 aromatic carbocycles. The zero-order valence-electron chi connectivity index (χ0n) is 10.2. The molecule has 4 heteroatoms. The molecule has 0 saturated heterocycles. The molecule has 92 valence electrons. The topological polar surface area (TPSA) is 64.3 Å². The van der Waals surface area contributed by atoms with Gasteiger partial charge < -0.3 is 4.74 Å². The van der Waals surface area contributed by atoms with E-state index in [2.05, 4.69) is 5.43 Å². The second kappa shape index (κ2) is 4.37. The first-order chi connectivity index (χ1) is 8.14. The second-order valence-electron chi connectivity index (χ2n) is 4.59. The normalized spacial score (nSPS) is 17.1. The standard InChI is InChI=1S/C13H18N2O2/c1-9-8-10(4-5-11(9)17-2)13(6-3-7-13)12(16)15-14/h4-5,8H,3,6-7,14H2,1-2H3,(H,15,16). The minimum Gasteiger partial charge on any atom is -0.496 e. The summed E-state index contributed by atoms with van der Waals surface area (Å²) in [6.07, 6.45) is 2.79. The molecule has 0 unspecified atom stereocenters. The first kappa shape index (κ1) is 11.9. The van der Waals surface area contributed by atoms with E-state index >= 15 is 0 Å². The maximum absolute atomic E-state index is 11.9. The number of ether oxygens (including phenoxy) is 1. The number of nitrogens with one attached hydrogen (secondary N) is 1. The van der Waals surface area contributed by atoms with Crippen LogP contribution >= 0.6 is 0 Å². The van der Waals surface area contributed by atoms with E-state index in [1.807, 2.05) is 25.1 Å². The second-order valence-corrected chi connectivity index (χ2v) is 4.59. The van der Waals surface area contributed by atoms with Crippen molar-refractivity contribution < 1.29 is 9.53 Å². The maximum atomic E-state index is 11.9. The van der Waals surface area contributed by atoms with Gasteiger partial charge in [0.05, 0.1) is 12.5 Å². The highest BCUT2D eigenvalue weighted by Crippen LogP contribution is 2.44. The van der Waals surface area contributed by atoms with Crippen LogP contribution in [0.3, 0.4) is 0 Å². The molecule has 1 aromatic rings. The van der Waals surface area contributed by atoms with Crippen LogP contribution in [0, 0.1) is 6.92 Å². The van der Waals surface area contributed by atoms with Gasteiger partial charge in [0, 0.05) is 0 Å². The van der Waals surface area contributed by atoms with E-state index in [1.165, 1.54) is 0 Å². The fourth-order valence-electron chi connectivity index (χ4n) is 2.49. The van der Waals surface area contributed by atoms with Crippen LogP contribution in [0.1, 0.15) is 30.4 Å². The van der Waals surface area contributed by atoms with Gasteiger partial charge >= 0.3 is 0 Å². The lowest BCUT2D eigenvalue weighted by Gasteiger charge is -2.40. The van der Waals surface area contributed by atoms with Crippen LogP contribution in [0.15, 0.2) is 18.2 Å². The minimum absolute atomic E-state index is 0.0895. The number of nitrogens with two attached hydrogens (primary N) is 1. The van der Waals surface area contributed by atoms with Gasteiger partial charge in [-0.05, 0) is 37.0 Å². The lowest BCUT2D eigenvalue weighted by molar-refractivity contribution is -0.130. The molecule has 0 aliphatic heterocycles. The highest BCUT2D eigenvalue weighted by Gasteiger charge is 2.45. The number of hydrazine groups is 1. The molecule has 0 bridgehead atoms. The highest BCUT2D eigenvalue weighted by atomic mass is 16.5. The molecule has 0 aromatic heterocycles. The summed E-state index contributed by atoms with van der Waals surface area (Å²) in [6.45, 7) is 1.98. The number of amides is 1. The molecular formula is C13H18N2O2. The number of rotatable bonds is 3. The molecule has 1 amide bonds. The Kier molecular flexibility index (Phi) is 3.07. The Morgan fingerprint density at radius 1 is 1.47 bits per heavy atom. The van der Waals surface area contributed by atoms with E-state index in [1.54, 1.807) is 7.11 Å². The van der Waals surface area contributed by atoms with Crippen LogP contribution in [0.5, 0.6) is 5.75 Å².